The fourth-order valence-electron chi connectivity index (χ4n) is 2.39. The third kappa shape index (κ3) is 3.18. The number of benzene rings is 2. The third-order valence-electron chi connectivity index (χ3n) is 3.68. The lowest BCUT2D eigenvalue weighted by Crippen LogP contribution is -2.18. The van der Waals surface area contributed by atoms with Gasteiger partial charge >= 0.3 is 5.76 Å². The molecule has 0 spiro atoms. The average Bonchev–Trinajstić information content (AvgIpc) is 2.84. The molecule has 118 valence electrons. The van der Waals surface area contributed by atoms with Crippen molar-refractivity contribution in [3.8, 4) is 5.75 Å². The molecule has 1 aromatic heterocycles. The molecule has 0 aliphatic rings. The zero-order chi connectivity index (χ0) is 16.4. The van der Waals surface area contributed by atoms with Crippen molar-refractivity contribution >= 4 is 16.9 Å². The number of ether oxygens (including phenoxy) is 1. The number of carbonyl (C=O) groups excluding carboxylic acids is 1. The Hall–Kier alpha value is -2.82. The van der Waals surface area contributed by atoms with E-state index in [-0.39, 0.29) is 5.78 Å². The van der Waals surface area contributed by atoms with E-state index in [2.05, 4.69) is 0 Å². The van der Waals surface area contributed by atoms with Crippen LogP contribution in [0.3, 0.4) is 0 Å². The minimum Gasteiger partial charge on any atom is -0.492 e. The Bertz CT molecular complexity index is 903. The maximum Gasteiger partial charge on any atom is 0.420 e. The van der Waals surface area contributed by atoms with Crippen molar-refractivity contribution in [2.45, 2.75) is 20.4 Å². The summed E-state index contributed by atoms with van der Waals surface area (Å²) in [5.74, 6) is 0.244. The lowest BCUT2D eigenvalue weighted by Gasteiger charge is -2.07. The molecule has 5 heteroatoms. The van der Waals surface area contributed by atoms with Gasteiger partial charge in [0.2, 0.25) is 0 Å². The summed E-state index contributed by atoms with van der Waals surface area (Å²) < 4.78 is 12.4. The molecule has 3 rings (SSSR count). The average molecular weight is 311 g/mol. The fourth-order valence-corrected chi connectivity index (χ4v) is 2.39. The number of hydrogen-bond donors (Lipinski definition) is 0. The van der Waals surface area contributed by atoms with Crippen LogP contribution in [0.25, 0.3) is 11.1 Å². The highest BCUT2D eigenvalue weighted by Gasteiger charge is 2.11. The van der Waals surface area contributed by atoms with E-state index in [9.17, 15) is 9.59 Å². The molecule has 0 N–H and O–H groups in total. The molecular formula is C18H17NO4. The van der Waals surface area contributed by atoms with Gasteiger partial charge in [0.05, 0.1) is 12.1 Å². The van der Waals surface area contributed by atoms with Gasteiger partial charge in [-0.15, -0.1) is 0 Å². The van der Waals surface area contributed by atoms with E-state index in [0.717, 1.165) is 11.3 Å². The molecule has 0 aliphatic heterocycles. The van der Waals surface area contributed by atoms with Gasteiger partial charge in [-0.1, -0.05) is 17.7 Å². The van der Waals surface area contributed by atoms with E-state index in [0.29, 0.717) is 29.8 Å². The Kier molecular flexibility index (Phi) is 4.02. The quantitative estimate of drug-likeness (QED) is 0.679. The first-order chi connectivity index (χ1) is 11.0. The van der Waals surface area contributed by atoms with Gasteiger partial charge in [-0.2, -0.15) is 0 Å². The topological polar surface area (TPSA) is 61.4 Å². The summed E-state index contributed by atoms with van der Waals surface area (Å²) in [4.78, 5) is 23.3. The first kappa shape index (κ1) is 15.1. The molecule has 0 saturated carbocycles. The van der Waals surface area contributed by atoms with E-state index in [1.54, 1.807) is 18.2 Å². The number of aromatic nitrogens is 1. The lowest BCUT2D eigenvalue weighted by molar-refractivity contribution is 0.101. The standard InChI is InChI=1S/C18H17NO4/c1-12-3-6-15(7-4-12)22-10-9-19-16-8-5-14(13(2)20)11-17(16)23-18(19)21/h3-8,11H,9-10H2,1-2H3. The molecule has 0 amide bonds. The minimum absolute atomic E-state index is 0.0648. The first-order valence-electron chi connectivity index (χ1n) is 7.38. The molecule has 23 heavy (non-hydrogen) atoms. The van der Waals surface area contributed by atoms with Crippen molar-refractivity contribution in [3.63, 3.8) is 0 Å². The number of ketones is 1. The van der Waals surface area contributed by atoms with E-state index in [1.807, 2.05) is 31.2 Å². The Morgan fingerprint density at radius 2 is 1.91 bits per heavy atom. The van der Waals surface area contributed by atoms with Crippen LogP contribution in [0, 0.1) is 6.92 Å². The maximum absolute atomic E-state index is 12.0. The molecule has 5 nitrogen and oxygen atoms in total. The minimum atomic E-state index is -0.451. The molecule has 0 atom stereocenters. The monoisotopic (exact) mass is 311 g/mol. The predicted molar refractivity (Wildman–Crippen MR) is 87.2 cm³/mol. The summed E-state index contributed by atoms with van der Waals surface area (Å²) in [6.07, 6.45) is 0. The second-order valence-electron chi connectivity index (χ2n) is 5.42. The Morgan fingerprint density at radius 1 is 1.17 bits per heavy atom. The Balaban J connectivity index is 1.77. The number of rotatable bonds is 5. The van der Waals surface area contributed by atoms with Crippen LogP contribution in [0.4, 0.5) is 0 Å². The van der Waals surface area contributed by atoms with Gasteiger partial charge in [0.1, 0.15) is 12.4 Å². The third-order valence-corrected chi connectivity index (χ3v) is 3.68. The Morgan fingerprint density at radius 3 is 2.61 bits per heavy atom. The first-order valence-corrected chi connectivity index (χ1v) is 7.38. The van der Waals surface area contributed by atoms with E-state index < -0.39 is 5.76 Å². The smallest absolute Gasteiger partial charge is 0.420 e. The van der Waals surface area contributed by atoms with Crippen LogP contribution in [0.1, 0.15) is 22.8 Å². The van der Waals surface area contributed by atoms with Crippen LogP contribution in [0.2, 0.25) is 0 Å². The molecule has 0 unspecified atom stereocenters. The van der Waals surface area contributed by atoms with Gasteiger partial charge in [-0.3, -0.25) is 9.36 Å². The number of nitrogens with zero attached hydrogens (tertiary/aromatic N) is 1. The van der Waals surface area contributed by atoms with Crippen molar-refractivity contribution in [3.05, 3.63) is 64.1 Å². The second kappa shape index (κ2) is 6.12. The molecule has 2 aromatic carbocycles. The van der Waals surface area contributed by atoms with Gasteiger partial charge in [0.15, 0.2) is 11.4 Å². The fraction of sp³-hybridized carbons (Fsp3) is 0.222. The van der Waals surface area contributed by atoms with Gasteiger partial charge in [-0.05, 0) is 44.2 Å². The van der Waals surface area contributed by atoms with Crippen molar-refractivity contribution < 1.29 is 13.9 Å². The predicted octanol–water partition coefficient (Wildman–Crippen LogP) is 3.18. The molecule has 0 radical (unpaired) electrons. The highest BCUT2D eigenvalue weighted by molar-refractivity contribution is 5.96. The number of oxazole rings is 1. The van der Waals surface area contributed by atoms with E-state index >= 15 is 0 Å². The summed E-state index contributed by atoms with van der Waals surface area (Å²) in [5, 5.41) is 0. The van der Waals surface area contributed by atoms with Crippen molar-refractivity contribution in [1.82, 2.24) is 4.57 Å². The number of hydrogen-bond acceptors (Lipinski definition) is 4. The molecule has 0 bridgehead atoms. The zero-order valence-corrected chi connectivity index (χ0v) is 13.0. The number of Topliss-reactive ketones (excluding diaryl/α,β-unsaturated/α-hetero) is 1. The van der Waals surface area contributed by atoms with Crippen LogP contribution < -0.4 is 10.5 Å². The van der Waals surface area contributed by atoms with E-state index in [4.69, 9.17) is 9.15 Å². The molecule has 0 saturated heterocycles. The van der Waals surface area contributed by atoms with Crippen LogP contribution in [0.5, 0.6) is 5.75 Å². The molecule has 0 aliphatic carbocycles. The van der Waals surface area contributed by atoms with Gasteiger partial charge in [0, 0.05) is 5.56 Å². The lowest BCUT2D eigenvalue weighted by atomic mass is 10.1. The maximum atomic E-state index is 12.0. The van der Waals surface area contributed by atoms with Crippen LogP contribution in [0.15, 0.2) is 51.7 Å². The van der Waals surface area contributed by atoms with Crippen molar-refractivity contribution in [2.24, 2.45) is 0 Å². The van der Waals surface area contributed by atoms with Crippen LogP contribution in [-0.2, 0) is 6.54 Å². The molecule has 0 fully saturated rings. The SMILES string of the molecule is CC(=O)c1ccc2c(c1)oc(=O)n2CCOc1ccc(C)cc1. The zero-order valence-electron chi connectivity index (χ0n) is 13.0. The summed E-state index contributed by atoms with van der Waals surface area (Å²) in [6, 6.07) is 12.7. The highest BCUT2D eigenvalue weighted by atomic mass is 16.5. The number of aryl methyl sites for hydroxylation is 1. The van der Waals surface area contributed by atoms with Crippen molar-refractivity contribution in [1.29, 1.82) is 0 Å². The van der Waals surface area contributed by atoms with Gasteiger partial charge in [0.25, 0.3) is 0 Å². The van der Waals surface area contributed by atoms with Gasteiger partial charge < -0.3 is 9.15 Å². The molecule has 1 heterocycles. The van der Waals surface area contributed by atoms with Gasteiger partial charge in [-0.25, -0.2) is 4.79 Å². The van der Waals surface area contributed by atoms with Crippen LogP contribution >= 0.6 is 0 Å². The summed E-state index contributed by atoms with van der Waals surface area (Å²) in [5.41, 5.74) is 2.76. The number of carbonyl (C=O) groups is 1. The largest absolute Gasteiger partial charge is 0.492 e. The second-order valence-corrected chi connectivity index (χ2v) is 5.42. The summed E-state index contributed by atoms with van der Waals surface area (Å²) in [6.45, 7) is 4.22. The summed E-state index contributed by atoms with van der Waals surface area (Å²) in [7, 11) is 0. The van der Waals surface area contributed by atoms with E-state index in [1.165, 1.54) is 11.5 Å². The molecular weight excluding hydrogens is 294 g/mol. The summed E-state index contributed by atoms with van der Waals surface area (Å²) >= 11 is 0. The normalized spacial score (nSPS) is 10.9. The Labute approximate surface area is 133 Å². The van der Waals surface area contributed by atoms with Crippen molar-refractivity contribution in [2.75, 3.05) is 6.61 Å². The highest BCUT2D eigenvalue weighted by Crippen LogP contribution is 2.16. The van der Waals surface area contributed by atoms with Crippen LogP contribution in [-0.4, -0.2) is 17.0 Å². The number of fused-ring (bicyclic) bond motifs is 1. The molecule has 3 aromatic rings.